The predicted octanol–water partition coefficient (Wildman–Crippen LogP) is 2.20. The van der Waals surface area contributed by atoms with Gasteiger partial charge in [-0.3, -0.25) is 9.78 Å². The van der Waals surface area contributed by atoms with Gasteiger partial charge in [-0.15, -0.1) is 0 Å². The molecule has 1 rings (SSSR count). The molecule has 0 radical (unpaired) electrons. The van der Waals surface area contributed by atoms with Crippen LogP contribution in [0.4, 0.5) is 0 Å². The Bertz CT molecular complexity index is 285. The zero-order chi connectivity index (χ0) is 8.97. The highest BCUT2D eigenvalue weighted by Crippen LogP contribution is 2.22. The van der Waals surface area contributed by atoms with Crippen molar-refractivity contribution in [1.29, 1.82) is 0 Å². The first kappa shape index (κ1) is 8.87. The van der Waals surface area contributed by atoms with Crippen LogP contribution in [0.2, 0.25) is 5.02 Å². The molecule has 0 aliphatic heterocycles. The van der Waals surface area contributed by atoms with E-state index in [0.717, 1.165) is 0 Å². The van der Waals surface area contributed by atoms with Crippen molar-refractivity contribution >= 4 is 17.6 Å². The maximum Gasteiger partial charge on any atom is 0.352 e. The minimum atomic E-state index is -0.519. The summed E-state index contributed by atoms with van der Waals surface area (Å²) in [6, 6.07) is 6.72. The lowest BCUT2D eigenvalue weighted by Gasteiger charge is -2.02. The molecule has 0 heterocycles. The Hall–Kier alpha value is -1.22. The zero-order valence-electron chi connectivity index (χ0n) is 6.41. The van der Waals surface area contributed by atoms with Gasteiger partial charge in [0.1, 0.15) is 0 Å². The van der Waals surface area contributed by atoms with Gasteiger partial charge in [0.25, 0.3) is 0 Å². The molecule has 0 fully saturated rings. The van der Waals surface area contributed by atoms with Gasteiger partial charge in [-0.25, -0.2) is 4.79 Å². The Morgan fingerprint density at radius 2 is 2.08 bits per heavy atom. The number of carbonyl (C=O) groups excluding carboxylic acids is 1. The first-order valence-electron chi connectivity index (χ1n) is 3.30. The monoisotopic (exact) mass is 186 g/mol. The number of hydrogen-bond acceptors (Lipinski definition) is 3. The van der Waals surface area contributed by atoms with Crippen molar-refractivity contribution in [3.05, 3.63) is 29.3 Å². The first-order valence-corrected chi connectivity index (χ1v) is 3.67. The maximum absolute atomic E-state index is 10.3. The standard InChI is InChI=1S/C8H7ClO3/c1-6(10)11-12-8-5-3-2-4-7(8)9/h2-5H,1H3. The topological polar surface area (TPSA) is 35.5 Å². The van der Waals surface area contributed by atoms with Crippen LogP contribution in [0.1, 0.15) is 6.92 Å². The van der Waals surface area contributed by atoms with E-state index in [-0.39, 0.29) is 0 Å². The summed E-state index contributed by atoms with van der Waals surface area (Å²) in [5.41, 5.74) is 0. The van der Waals surface area contributed by atoms with Crippen molar-refractivity contribution < 1.29 is 14.6 Å². The Labute approximate surface area is 74.8 Å². The van der Waals surface area contributed by atoms with Crippen LogP contribution < -0.4 is 4.89 Å². The first-order chi connectivity index (χ1) is 5.70. The van der Waals surface area contributed by atoms with Gasteiger partial charge in [-0.1, -0.05) is 23.7 Å². The van der Waals surface area contributed by atoms with E-state index in [0.29, 0.717) is 10.8 Å². The van der Waals surface area contributed by atoms with Gasteiger partial charge in [0.05, 0.1) is 5.02 Å². The average Bonchev–Trinajstić information content (AvgIpc) is 2.03. The van der Waals surface area contributed by atoms with Crippen molar-refractivity contribution in [3.63, 3.8) is 0 Å². The lowest BCUT2D eigenvalue weighted by molar-refractivity contribution is -0.210. The summed E-state index contributed by atoms with van der Waals surface area (Å²) in [6.07, 6.45) is 0. The van der Waals surface area contributed by atoms with E-state index in [4.69, 9.17) is 11.6 Å². The molecule has 0 atom stereocenters. The van der Waals surface area contributed by atoms with Gasteiger partial charge in [0.15, 0.2) is 5.75 Å². The smallest absolute Gasteiger partial charge is 0.285 e. The molecular formula is C8H7ClO3. The third kappa shape index (κ3) is 2.43. The number of para-hydroxylation sites is 1. The van der Waals surface area contributed by atoms with Crippen molar-refractivity contribution in [2.24, 2.45) is 0 Å². The second-order valence-electron chi connectivity index (χ2n) is 2.09. The third-order valence-electron chi connectivity index (χ3n) is 1.09. The number of rotatable bonds is 2. The van der Waals surface area contributed by atoms with Gasteiger partial charge >= 0.3 is 5.97 Å². The molecule has 0 N–H and O–H groups in total. The van der Waals surface area contributed by atoms with E-state index in [2.05, 4.69) is 9.78 Å². The maximum atomic E-state index is 10.3. The normalized spacial score (nSPS) is 9.17. The molecule has 0 saturated heterocycles. The van der Waals surface area contributed by atoms with E-state index >= 15 is 0 Å². The highest BCUT2D eigenvalue weighted by atomic mass is 35.5. The number of benzene rings is 1. The molecule has 12 heavy (non-hydrogen) atoms. The minimum absolute atomic E-state index is 0.328. The average molecular weight is 187 g/mol. The Kier molecular flexibility index (Phi) is 2.94. The summed E-state index contributed by atoms with van der Waals surface area (Å²) in [5, 5.41) is 0.402. The fourth-order valence-corrected chi connectivity index (χ4v) is 0.783. The Morgan fingerprint density at radius 3 is 2.67 bits per heavy atom. The lowest BCUT2D eigenvalue weighted by Crippen LogP contribution is -2.02. The molecule has 3 nitrogen and oxygen atoms in total. The second-order valence-corrected chi connectivity index (χ2v) is 2.50. The van der Waals surface area contributed by atoms with Crippen LogP contribution in [0.25, 0.3) is 0 Å². The highest BCUT2D eigenvalue weighted by molar-refractivity contribution is 6.32. The third-order valence-corrected chi connectivity index (χ3v) is 1.40. The van der Waals surface area contributed by atoms with E-state index in [9.17, 15) is 4.79 Å². The number of carbonyl (C=O) groups is 1. The molecule has 0 aliphatic rings. The molecular weight excluding hydrogens is 180 g/mol. The van der Waals surface area contributed by atoms with Gasteiger partial charge in [0.2, 0.25) is 0 Å². The predicted molar refractivity (Wildman–Crippen MR) is 43.8 cm³/mol. The molecule has 0 aliphatic carbocycles. The van der Waals surface area contributed by atoms with Crippen LogP contribution in [0.3, 0.4) is 0 Å². The van der Waals surface area contributed by atoms with E-state index < -0.39 is 5.97 Å². The molecule has 1 aromatic rings. The van der Waals surface area contributed by atoms with Crippen LogP contribution in [-0.4, -0.2) is 5.97 Å². The number of halogens is 1. The fraction of sp³-hybridized carbons (Fsp3) is 0.125. The summed E-state index contributed by atoms with van der Waals surface area (Å²) in [4.78, 5) is 19.2. The van der Waals surface area contributed by atoms with E-state index in [1.54, 1.807) is 24.3 Å². The highest BCUT2D eigenvalue weighted by Gasteiger charge is 2.01. The van der Waals surface area contributed by atoms with Crippen LogP contribution in [0.15, 0.2) is 24.3 Å². The molecule has 0 saturated carbocycles. The van der Waals surface area contributed by atoms with Crippen molar-refractivity contribution in [3.8, 4) is 5.75 Å². The summed E-state index contributed by atoms with van der Waals surface area (Å²) < 4.78 is 0. The molecule has 0 unspecified atom stereocenters. The van der Waals surface area contributed by atoms with Crippen molar-refractivity contribution in [2.75, 3.05) is 0 Å². The quantitative estimate of drug-likeness (QED) is 0.525. The summed E-state index contributed by atoms with van der Waals surface area (Å²) in [6.45, 7) is 1.25. The van der Waals surface area contributed by atoms with Crippen molar-refractivity contribution in [1.82, 2.24) is 0 Å². The van der Waals surface area contributed by atoms with Crippen LogP contribution in [0.5, 0.6) is 5.75 Å². The van der Waals surface area contributed by atoms with Crippen molar-refractivity contribution in [2.45, 2.75) is 6.92 Å². The molecule has 0 bridgehead atoms. The molecule has 0 amide bonds. The minimum Gasteiger partial charge on any atom is -0.285 e. The molecule has 4 heteroatoms. The molecule has 64 valence electrons. The fourth-order valence-electron chi connectivity index (χ4n) is 0.616. The van der Waals surface area contributed by atoms with Crippen LogP contribution in [-0.2, 0) is 9.68 Å². The zero-order valence-corrected chi connectivity index (χ0v) is 7.17. The lowest BCUT2D eigenvalue weighted by atomic mass is 10.3. The SMILES string of the molecule is CC(=O)OOc1ccccc1Cl. The molecule has 0 spiro atoms. The summed E-state index contributed by atoms with van der Waals surface area (Å²) >= 11 is 5.69. The van der Waals surface area contributed by atoms with E-state index in [1.165, 1.54) is 6.92 Å². The van der Waals surface area contributed by atoms with Crippen LogP contribution in [0, 0.1) is 0 Å². The van der Waals surface area contributed by atoms with Gasteiger partial charge in [-0.2, -0.15) is 0 Å². The Balaban J connectivity index is 2.63. The molecule has 0 aromatic heterocycles. The summed E-state index contributed by atoms with van der Waals surface area (Å²) in [5.74, 6) is -0.190. The van der Waals surface area contributed by atoms with Crippen LogP contribution >= 0.6 is 11.6 Å². The number of hydrogen-bond donors (Lipinski definition) is 0. The van der Waals surface area contributed by atoms with Gasteiger partial charge in [-0.05, 0) is 12.1 Å². The second kappa shape index (κ2) is 3.97. The largest absolute Gasteiger partial charge is 0.352 e. The van der Waals surface area contributed by atoms with Gasteiger partial charge in [0, 0.05) is 6.92 Å². The van der Waals surface area contributed by atoms with E-state index in [1.807, 2.05) is 0 Å². The molecule has 1 aromatic carbocycles. The summed E-state index contributed by atoms with van der Waals surface area (Å²) in [7, 11) is 0. The Morgan fingerprint density at radius 1 is 1.42 bits per heavy atom. The van der Waals surface area contributed by atoms with Gasteiger partial charge < -0.3 is 0 Å².